The van der Waals surface area contributed by atoms with Gasteiger partial charge in [-0.2, -0.15) is 5.06 Å². The minimum atomic E-state index is -0.505. The molecule has 214 valence electrons. The Morgan fingerprint density at radius 1 is 0.526 bits per heavy atom. The van der Waals surface area contributed by atoms with Gasteiger partial charge in [-0.05, 0) is 120 Å². The lowest BCUT2D eigenvalue weighted by molar-refractivity contribution is -0.171. The van der Waals surface area contributed by atoms with Crippen LogP contribution in [0.3, 0.4) is 0 Å². The molecule has 1 saturated heterocycles. The van der Waals surface area contributed by atoms with E-state index in [-0.39, 0.29) is 17.9 Å². The molecule has 0 atom stereocenters. The first-order valence-electron chi connectivity index (χ1n) is 14.4. The highest BCUT2D eigenvalue weighted by Crippen LogP contribution is 2.14. The van der Waals surface area contributed by atoms with Gasteiger partial charge in [-0.15, -0.1) is 0 Å². The monoisotopic (exact) mass is 525 g/mol. The van der Waals surface area contributed by atoms with E-state index in [9.17, 15) is 9.59 Å². The van der Waals surface area contributed by atoms with Crippen LogP contribution in [0.5, 0.6) is 0 Å². The van der Waals surface area contributed by atoms with Crippen molar-refractivity contribution in [2.24, 2.45) is 0 Å². The molecule has 2 amide bonds. The molecule has 0 spiro atoms. The molecule has 1 heterocycles. The normalized spacial score (nSPS) is 14.9. The van der Waals surface area contributed by atoms with Gasteiger partial charge >= 0.3 is 0 Å². The highest BCUT2D eigenvalue weighted by molar-refractivity contribution is 6.00. The summed E-state index contributed by atoms with van der Waals surface area (Å²) < 4.78 is 0. The second-order valence-electron chi connectivity index (χ2n) is 11.1. The van der Waals surface area contributed by atoms with Gasteiger partial charge in [0, 0.05) is 12.8 Å². The average Bonchev–Trinajstić information content (AvgIpc) is 3.12. The van der Waals surface area contributed by atoms with Gasteiger partial charge in [0.05, 0.1) is 0 Å². The lowest BCUT2D eigenvalue weighted by atomic mass is 10.0. The second-order valence-corrected chi connectivity index (χ2v) is 11.1. The number of hydroxylamine groups is 2. The predicted octanol–water partition coefficient (Wildman–Crippen LogP) is 10.1. The molecule has 1 N–H and O–H groups in total. The van der Waals surface area contributed by atoms with E-state index in [0.717, 1.165) is 0 Å². The van der Waals surface area contributed by atoms with Crippen molar-refractivity contribution in [1.29, 1.82) is 0 Å². The van der Waals surface area contributed by atoms with Crippen LogP contribution in [0.25, 0.3) is 0 Å². The van der Waals surface area contributed by atoms with Crippen molar-refractivity contribution in [3.05, 3.63) is 69.9 Å². The minimum absolute atomic E-state index is 0.148. The number of imide groups is 1. The molecule has 1 rings (SSSR count). The largest absolute Gasteiger partial charge is 0.279 e. The van der Waals surface area contributed by atoms with Gasteiger partial charge in [-0.1, -0.05) is 69.9 Å². The summed E-state index contributed by atoms with van der Waals surface area (Å²) in [6.07, 6.45) is 26.5. The lowest BCUT2D eigenvalue weighted by Crippen LogP contribution is -2.24. The molecule has 0 bridgehead atoms. The lowest BCUT2D eigenvalue weighted by Gasteiger charge is -2.02. The van der Waals surface area contributed by atoms with E-state index in [4.69, 9.17) is 5.21 Å². The summed E-state index contributed by atoms with van der Waals surface area (Å²) in [4.78, 5) is 20.5. The molecule has 38 heavy (non-hydrogen) atoms. The first-order valence-corrected chi connectivity index (χ1v) is 14.4. The summed E-state index contributed by atoms with van der Waals surface area (Å²) in [6, 6.07) is 0. The number of carbonyl (C=O) groups is 2. The number of carbonyl (C=O) groups excluding carboxylic acids is 2. The van der Waals surface area contributed by atoms with Gasteiger partial charge < -0.3 is 0 Å². The molecule has 0 aromatic carbocycles. The summed E-state index contributed by atoms with van der Waals surface area (Å²) in [7, 11) is 0. The van der Waals surface area contributed by atoms with Crippen molar-refractivity contribution in [3.8, 4) is 0 Å². The van der Waals surface area contributed by atoms with Crippen LogP contribution in [0.15, 0.2) is 69.9 Å². The van der Waals surface area contributed by atoms with E-state index < -0.39 is 11.8 Å². The Balaban J connectivity index is 0.00000144. The van der Waals surface area contributed by atoms with Crippen LogP contribution >= 0.6 is 0 Å². The van der Waals surface area contributed by atoms with Gasteiger partial charge in [0.15, 0.2) is 0 Å². The maximum Gasteiger partial charge on any atom is 0.253 e. The number of nitrogens with zero attached hydrogens (tertiary/aromatic N) is 1. The Bertz CT molecular complexity index is 830. The highest BCUT2D eigenvalue weighted by atomic mass is 16.5. The zero-order chi connectivity index (χ0) is 28.9. The summed E-state index contributed by atoms with van der Waals surface area (Å²) in [5, 5.41) is 8.57. The van der Waals surface area contributed by atoms with Crippen molar-refractivity contribution in [2.75, 3.05) is 0 Å². The molecule has 0 unspecified atom stereocenters. The third-order valence-corrected chi connectivity index (χ3v) is 6.42. The van der Waals surface area contributed by atoms with Gasteiger partial charge in [-0.3, -0.25) is 14.8 Å². The fraction of sp³-hybridized carbons (Fsp3) is 0.588. The average molecular weight is 526 g/mol. The fourth-order valence-corrected chi connectivity index (χ4v) is 3.90. The smallest absolute Gasteiger partial charge is 0.253 e. The predicted molar refractivity (Wildman–Crippen MR) is 163 cm³/mol. The van der Waals surface area contributed by atoms with Crippen LogP contribution in [-0.4, -0.2) is 22.1 Å². The van der Waals surface area contributed by atoms with Crippen molar-refractivity contribution in [3.63, 3.8) is 0 Å². The van der Waals surface area contributed by atoms with E-state index in [1.807, 2.05) is 0 Å². The zero-order valence-electron chi connectivity index (χ0n) is 25.7. The Morgan fingerprint density at radius 3 is 1.03 bits per heavy atom. The van der Waals surface area contributed by atoms with Crippen molar-refractivity contribution in [1.82, 2.24) is 5.06 Å². The van der Waals surface area contributed by atoms with E-state index >= 15 is 0 Å². The summed E-state index contributed by atoms with van der Waals surface area (Å²) in [5.74, 6) is -1.01. The van der Waals surface area contributed by atoms with Gasteiger partial charge in [0.2, 0.25) is 0 Å². The standard InChI is InChI=1S/C30H50.C4H5NO3/c1-25(2)15-11-19-29(7)23-13-21-27(5)17-9-10-18-28(6)22-14-24-30(8)20-12-16-26(3)4;6-3-1-2-4(7)5(3)8/h15-18,23-24H,9-14,19-22H2,1-8H3;8H,1-2H2/b27-17+,28-18+,29-23+,30-24+;. The van der Waals surface area contributed by atoms with Crippen LogP contribution in [0, 0.1) is 0 Å². The Hall–Kier alpha value is -2.46. The molecular weight excluding hydrogens is 470 g/mol. The summed E-state index contributed by atoms with van der Waals surface area (Å²) in [6.45, 7) is 17.8. The SMILES string of the molecule is CC(C)=CCC/C(C)=C/CC/C(C)=C/CC/C=C(\C)CC/C=C(\C)CCC=C(C)C.O=C1CCC(=O)N1O. The van der Waals surface area contributed by atoms with Crippen LogP contribution in [0.4, 0.5) is 0 Å². The molecule has 1 aliphatic heterocycles. The van der Waals surface area contributed by atoms with Crippen LogP contribution in [-0.2, 0) is 9.59 Å². The fourth-order valence-electron chi connectivity index (χ4n) is 3.90. The topological polar surface area (TPSA) is 57.6 Å². The zero-order valence-corrected chi connectivity index (χ0v) is 25.7. The Labute approximate surface area is 233 Å². The quantitative estimate of drug-likeness (QED) is 0.100. The molecule has 4 nitrogen and oxygen atoms in total. The first-order chi connectivity index (χ1) is 17.9. The van der Waals surface area contributed by atoms with Gasteiger partial charge in [-0.25, -0.2) is 0 Å². The first kappa shape index (κ1) is 35.5. The number of rotatable bonds is 15. The number of unbranched alkanes of at least 4 members (excludes halogenated alkanes) is 1. The number of hydrogen-bond acceptors (Lipinski definition) is 3. The number of hydrogen-bond donors (Lipinski definition) is 1. The third kappa shape index (κ3) is 20.6. The molecule has 0 radical (unpaired) electrons. The number of amides is 2. The molecule has 0 aromatic rings. The van der Waals surface area contributed by atoms with E-state index in [1.54, 1.807) is 0 Å². The molecule has 0 aliphatic carbocycles. The van der Waals surface area contributed by atoms with E-state index in [0.29, 0.717) is 0 Å². The molecular formula is C34H55NO3. The second kappa shape index (κ2) is 21.5. The molecule has 4 heteroatoms. The minimum Gasteiger partial charge on any atom is -0.279 e. The van der Waals surface area contributed by atoms with E-state index in [1.165, 1.54) is 97.6 Å². The Kier molecular flexibility index (Phi) is 20.1. The molecule has 1 fully saturated rings. The van der Waals surface area contributed by atoms with Gasteiger partial charge in [0.25, 0.3) is 11.8 Å². The van der Waals surface area contributed by atoms with Crippen molar-refractivity contribution < 1.29 is 14.8 Å². The van der Waals surface area contributed by atoms with Gasteiger partial charge in [0.1, 0.15) is 0 Å². The highest BCUT2D eigenvalue weighted by Gasteiger charge is 2.26. The maximum atomic E-state index is 10.2. The summed E-state index contributed by atoms with van der Waals surface area (Å²) >= 11 is 0. The molecule has 1 aliphatic rings. The van der Waals surface area contributed by atoms with Crippen LogP contribution < -0.4 is 0 Å². The van der Waals surface area contributed by atoms with Crippen molar-refractivity contribution in [2.45, 2.75) is 132 Å². The van der Waals surface area contributed by atoms with Crippen molar-refractivity contribution >= 4 is 11.8 Å². The molecule has 0 aromatic heterocycles. The third-order valence-electron chi connectivity index (χ3n) is 6.42. The molecule has 0 saturated carbocycles. The maximum absolute atomic E-state index is 10.2. The number of allylic oxidation sites excluding steroid dienone is 12. The van der Waals surface area contributed by atoms with Crippen LogP contribution in [0.1, 0.15) is 132 Å². The van der Waals surface area contributed by atoms with E-state index in [2.05, 4.69) is 91.8 Å². The Morgan fingerprint density at radius 2 is 0.789 bits per heavy atom. The van der Waals surface area contributed by atoms with Crippen LogP contribution in [0.2, 0.25) is 0 Å². The summed E-state index contributed by atoms with van der Waals surface area (Å²) in [5.41, 5.74) is 8.97.